The van der Waals surface area contributed by atoms with E-state index < -0.39 is 0 Å². The summed E-state index contributed by atoms with van der Waals surface area (Å²) in [6, 6.07) is 6.29. The highest BCUT2D eigenvalue weighted by Crippen LogP contribution is 2.01. The normalized spacial score (nSPS) is 10.5. The predicted octanol–water partition coefficient (Wildman–Crippen LogP) is 2.00. The quantitative estimate of drug-likeness (QED) is 0.498. The molecule has 1 aromatic carbocycles. The fourth-order valence-corrected chi connectivity index (χ4v) is 0.838. The molecule has 0 saturated heterocycles. The van der Waals surface area contributed by atoms with Crippen LogP contribution in [0.15, 0.2) is 29.4 Å². The van der Waals surface area contributed by atoms with E-state index in [-0.39, 0.29) is 5.82 Å². The molecule has 3 heteroatoms. The molecule has 64 valence electrons. The monoisotopic (exact) mass is 167 g/mol. The number of benzene rings is 1. The van der Waals surface area contributed by atoms with Crippen molar-refractivity contribution in [2.75, 3.05) is 7.11 Å². The van der Waals surface area contributed by atoms with Gasteiger partial charge in [0.15, 0.2) is 0 Å². The van der Waals surface area contributed by atoms with Gasteiger partial charge in [-0.05, 0) is 17.7 Å². The third-order valence-corrected chi connectivity index (χ3v) is 1.42. The van der Waals surface area contributed by atoms with Gasteiger partial charge in [0.2, 0.25) is 0 Å². The van der Waals surface area contributed by atoms with Crippen molar-refractivity contribution in [1.82, 2.24) is 0 Å². The molecule has 0 unspecified atom stereocenters. The minimum Gasteiger partial charge on any atom is -0.399 e. The van der Waals surface area contributed by atoms with Crippen LogP contribution in [0.4, 0.5) is 4.39 Å². The van der Waals surface area contributed by atoms with Crippen molar-refractivity contribution in [3.63, 3.8) is 0 Å². The first-order valence-corrected chi connectivity index (χ1v) is 3.62. The topological polar surface area (TPSA) is 21.6 Å². The Morgan fingerprint density at radius 2 is 2.08 bits per heavy atom. The Morgan fingerprint density at radius 1 is 1.42 bits per heavy atom. The van der Waals surface area contributed by atoms with E-state index in [0.29, 0.717) is 6.42 Å². The lowest BCUT2D eigenvalue weighted by Crippen LogP contribution is -1.86. The Labute approximate surface area is 70.7 Å². The molecule has 0 heterocycles. The van der Waals surface area contributed by atoms with E-state index >= 15 is 0 Å². The number of oxime groups is 1. The van der Waals surface area contributed by atoms with Gasteiger partial charge in [0.25, 0.3) is 0 Å². The molecule has 0 aliphatic rings. The average molecular weight is 167 g/mol. The highest BCUT2D eigenvalue weighted by Gasteiger charge is 1.90. The Balaban J connectivity index is 2.53. The fraction of sp³-hybridized carbons (Fsp3) is 0.222. The molecule has 1 aromatic rings. The van der Waals surface area contributed by atoms with Gasteiger partial charge in [0, 0.05) is 12.6 Å². The summed E-state index contributed by atoms with van der Waals surface area (Å²) < 4.78 is 12.4. The molecule has 0 aromatic heterocycles. The van der Waals surface area contributed by atoms with Crippen molar-refractivity contribution in [1.29, 1.82) is 0 Å². The van der Waals surface area contributed by atoms with Gasteiger partial charge in [0.1, 0.15) is 12.9 Å². The van der Waals surface area contributed by atoms with Gasteiger partial charge in [0.05, 0.1) is 0 Å². The third-order valence-electron chi connectivity index (χ3n) is 1.42. The van der Waals surface area contributed by atoms with Crippen molar-refractivity contribution in [2.24, 2.45) is 5.16 Å². The minimum atomic E-state index is -0.220. The number of nitrogens with zero attached hydrogens (tertiary/aromatic N) is 1. The summed E-state index contributed by atoms with van der Waals surface area (Å²) in [6.07, 6.45) is 2.29. The van der Waals surface area contributed by atoms with Gasteiger partial charge in [-0.15, -0.1) is 0 Å². The molecule has 0 saturated carbocycles. The molecule has 0 amide bonds. The molecule has 2 nitrogen and oxygen atoms in total. The lowest BCUT2D eigenvalue weighted by molar-refractivity contribution is 0.215. The van der Waals surface area contributed by atoms with Crippen LogP contribution in [0.3, 0.4) is 0 Å². The summed E-state index contributed by atoms with van der Waals surface area (Å²) in [5, 5.41) is 3.57. The van der Waals surface area contributed by atoms with E-state index in [0.717, 1.165) is 5.56 Å². The smallest absolute Gasteiger partial charge is 0.123 e. The molecular weight excluding hydrogens is 157 g/mol. The summed E-state index contributed by atoms with van der Waals surface area (Å²) in [5.41, 5.74) is 1.01. The molecule has 0 bridgehead atoms. The summed E-state index contributed by atoms with van der Waals surface area (Å²) in [4.78, 5) is 4.48. The van der Waals surface area contributed by atoms with Crippen LogP contribution in [0.5, 0.6) is 0 Å². The highest BCUT2D eigenvalue weighted by molar-refractivity contribution is 5.60. The Hall–Kier alpha value is -1.38. The molecule has 0 atom stereocenters. The van der Waals surface area contributed by atoms with Gasteiger partial charge in [-0.25, -0.2) is 4.39 Å². The van der Waals surface area contributed by atoms with Crippen LogP contribution in [0.1, 0.15) is 5.56 Å². The van der Waals surface area contributed by atoms with Crippen LogP contribution in [0, 0.1) is 5.82 Å². The molecule has 0 N–H and O–H groups in total. The maximum Gasteiger partial charge on any atom is 0.123 e. The Kier molecular flexibility index (Phi) is 3.26. The second kappa shape index (κ2) is 4.49. The van der Waals surface area contributed by atoms with E-state index in [9.17, 15) is 4.39 Å². The molecule has 0 radical (unpaired) electrons. The molecule has 0 aliphatic carbocycles. The molecule has 1 rings (SSSR count). The lowest BCUT2D eigenvalue weighted by Gasteiger charge is -1.94. The van der Waals surface area contributed by atoms with Crippen LogP contribution in [0.25, 0.3) is 0 Å². The Bertz CT molecular complexity index is 256. The lowest BCUT2D eigenvalue weighted by atomic mass is 10.2. The molecule has 12 heavy (non-hydrogen) atoms. The minimum absolute atomic E-state index is 0.220. The summed E-state index contributed by atoms with van der Waals surface area (Å²) in [6.45, 7) is 0. The van der Waals surface area contributed by atoms with E-state index in [1.54, 1.807) is 18.3 Å². The fourth-order valence-electron chi connectivity index (χ4n) is 0.838. The Morgan fingerprint density at radius 3 is 2.67 bits per heavy atom. The van der Waals surface area contributed by atoms with E-state index in [1.165, 1.54) is 19.2 Å². The van der Waals surface area contributed by atoms with Gasteiger partial charge in [-0.3, -0.25) is 0 Å². The highest BCUT2D eigenvalue weighted by atomic mass is 19.1. The van der Waals surface area contributed by atoms with Crippen LogP contribution < -0.4 is 0 Å². The average Bonchev–Trinajstić information content (AvgIpc) is 2.09. The molecule has 0 fully saturated rings. The number of rotatable bonds is 3. The van der Waals surface area contributed by atoms with Gasteiger partial charge in [-0.1, -0.05) is 17.3 Å². The van der Waals surface area contributed by atoms with Crippen LogP contribution in [0.2, 0.25) is 0 Å². The largest absolute Gasteiger partial charge is 0.399 e. The zero-order chi connectivity index (χ0) is 8.81. The standard InChI is InChI=1S/C9H10FNO/c1-12-11-7-6-8-2-4-9(10)5-3-8/h2-5,7H,6H2,1H3/b11-7+. The van der Waals surface area contributed by atoms with Crippen molar-refractivity contribution in [3.05, 3.63) is 35.6 Å². The zero-order valence-electron chi connectivity index (χ0n) is 6.83. The van der Waals surface area contributed by atoms with Gasteiger partial charge < -0.3 is 4.84 Å². The molecule has 0 aliphatic heterocycles. The summed E-state index contributed by atoms with van der Waals surface area (Å²) >= 11 is 0. The van der Waals surface area contributed by atoms with Crippen LogP contribution >= 0.6 is 0 Å². The maximum absolute atomic E-state index is 12.4. The van der Waals surface area contributed by atoms with Crippen LogP contribution in [-0.4, -0.2) is 13.3 Å². The predicted molar refractivity (Wildman–Crippen MR) is 45.6 cm³/mol. The number of halogens is 1. The van der Waals surface area contributed by atoms with E-state index in [1.807, 2.05) is 0 Å². The van der Waals surface area contributed by atoms with Gasteiger partial charge >= 0.3 is 0 Å². The van der Waals surface area contributed by atoms with Gasteiger partial charge in [-0.2, -0.15) is 0 Å². The first-order chi connectivity index (χ1) is 5.83. The van der Waals surface area contributed by atoms with E-state index in [2.05, 4.69) is 9.99 Å². The first-order valence-electron chi connectivity index (χ1n) is 3.62. The SMILES string of the molecule is CO/N=C/Cc1ccc(F)cc1. The first kappa shape index (κ1) is 8.71. The maximum atomic E-state index is 12.4. The number of hydrogen-bond acceptors (Lipinski definition) is 2. The summed E-state index contributed by atoms with van der Waals surface area (Å²) in [5.74, 6) is -0.220. The molecule has 0 spiro atoms. The van der Waals surface area contributed by atoms with Crippen LogP contribution in [-0.2, 0) is 11.3 Å². The number of hydrogen-bond donors (Lipinski definition) is 0. The second-order valence-corrected chi connectivity index (χ2v) is 2.30. The van der Waals surface area contributed by atoms with Crippen molar-refractivity contribution < 1.29 is 9.23 Å². The van der Waals surface area contributed by atoms with Crippen molar-refractivity contribution in [2.45, 2.75) is 6.42 Å². The van der Waals surface area contributed by atoms with E-state index in [4.69, 9.17) is 0 Å². The van der Waals surface area contributed by atoms with Crippen molar-refractivity contribution >= 4 is 6.21 Å². The third kappa shape index (κ3) is 2.70. The summed E-state index contributed by atoms with van der Waals surface area (Å²) in [7, 11) is 1.49. The second-order valence-electron chi connectivity index (χ2n) is 2.30. The molecular formula is C9H10FNO. The zero-order valence-corrected chi connectivity index (χ0v) is 6.83. The van der Waals surface area contributed by atoms with Crippen molar-refractivity contribution in [3.8, 4) is 0 Å².